The summed E-state index contributed by atoms with van der Waals surface area (Å²) in [5, 5.41) is 12.2. The quantitative estimate of drug-likeness (QED) is 0.670. The van der Waals surface area contributed by atoms with Crippen molar-refractivity contribution in [2.24, 2.45) is 5.92 Å². The summed E-state index contributed by atoms with van der Waals surface area (Å²) in [6, 6.07) is 0. The van der Waals surface area contributed by atoms with E-state index in [2.05, 4.69) is 35.5 Å². The summed E-state index contributed by atoms with van der Waals surface area (Å²) < 4.78 is 0. The molecule has 25 heavy (non-hydrogen) atoms. The summed E-state index contributed by atoms with van der Waals surface area (Å²) >= 11 is 7.38. The Morgan fingerprint density at radius 1 is 1.44 bits per heavy atom. The second kappa shape index (κ2) is 6.52. The Hall–Kier alpha value is -2.33. The molecule has 130 valence electrons. The number of fused-ring (bicyclic) bond motifs is 1. The maximum atomic E-state index is 12.6. The number of carbonyl (C=O) groups excluding carboxylic acids is 1. The summed E-state index contributed by atoms with van der Waals surface area (Å²) in [6.07, 6.45) is 3.25. The van der Waals surface area contributed by atoms with Gasteiger partial charge in [-0.15, -0.1) is 10.2 Å². The third-order valence-electron chi connectivity index (χ3n) is 4.09. The maximum Gasteiger partial charge on any atom is 0.231 e. The van der Waals surface area contributed by atoms with Crippen molar-refractivity contribution in [3.8, 4) is 0 Å². The molecule has 9 nitrogen and oxygen atoms in total. The number of carbonyl (C=O) groups is 1. The lowest BCUT2D eigenvalue weighted by molar-refractivity contribution is -0.120. The van der Waals surface area contributed by atoms with Gasteiger partial charge < -0.3 is 15.2 Å². The van der Waals surface area contributed by atoms with E-state index in [0.29, 0.717) is 23.1 Å². The molecule has 0 saturated carbocycles. The summed E-state index contributed by atoms with van der Waals surface area (Å²) in [7, 11) is 0. The van der Waals surface area contributed by atoms with Gasteiger partial charge in [0.25, 0.3) is 0 Å². The second-order valence-corrected chi connectivity index (χ2v) is 7.34. The molecule has 11 heteroatoms. The highest BCUT2D eigenvalue weighted by Gasteiger charge is 2.28. The fraction of sp³-hybridized carbons (Fsp3) is 0.429. The predicted octanol–water partition coefficient (Wildman–Crippen LogP) is 2.02. The van der Waals surface area contributed by atoms with Crippen LogP contribution < -0.4 is 10.2 Å². The van der Waals surface area contributed by atoms with Gasteiger partial charge in [0, 0.05) is 13.1 Å². The number of imidazole rings is 1. The van der Waals surface area contributed by atoms with Gasteiger partial charge in [-0.05, 0) is 31.4 Å². The Kier molecular flexibility index (Phi) is 4.22. The first kappa shape index (κ1) is 16.2. The van der Waals surface area contributed by atoms with Crippen LogP contribution in [-0.2, 0) is 4.79 Å². The van der Waals surface area contributed by atoms with Crippen molar-refractivity contribution in [1.82, 2.24) is 30.1 Å². The van der Waals surface area contributed by atoms with E-state index in [9.17, 15) is 4.79 Å². The van der Waals surface area contributed by atoms with Gasteiger partial charge in [0.1, 0.15) is 10.5 Å². The van der Waals surface area contributed by atoms with Crippen LogP contribution in [0.3, 0.4) is 0 Å². The average molecular weight is 379 g/mol. The van der Waals surface area contributed by atoms with Crippen LogP contribution >= 0.6 is 22.9 Å². The zero-order valence-corrected chi connectivity index (χ0v) is 14.9. The average Bonchev–Trinajstić information content (AvgIpc) is 3.23. The van der Waals surface area contributed by atoms with Gasteiger partial charge >= 0.3 is 0 Å². The topological polar surface area (TPSA) is 113 Å². The minimum absolute atomic E-state index is 0.0538. The Bertz CT molecular complexity index is 925. The minimum atomic E-state index is -0.162. The normalized spacial score (nSPS) is 17.8. The van der Waals surface area contributed by atoms with Crippen LogP contribution in [0, 0.1) is 12.8 Å². The highest BCUT2D eigenvalue weighted by Crippen LogP contribution is 2.28. The lowest BCUT2D eigenvalue weighted by Gasteiger charge is -2.32. The number of rotatable bonds is 3. The minimum Gasteiger partial charge on any atom is -0.354 e. The number of nitrogens with zero attached hydrogens (tertiary/aromatic N) is 6. The molecular weight excluding hydrogens is 364 g/mol. The van der Waals surface area contributed by atoms with Gasteiger partial charge in [-0.25, -0.2) is 4.98 Å². The number of aromatic nitrogens is 6. The number of hydrogen-bond donors (Lipinski definition) is 2. The molecule has 1 aliphatic rings. The number of halogens is 1. The molecule has 4 rings (SSSR count). The molecule has 0 aromatic carbocycles. The molecule has 1 atom stereocenters. The number of amides is 1. The van der Waals surface area contributed by atoms with Crippen molar-refractivity contribution in [2.75, 3.05) is 23.3 Å². The highest BCUT2D eigenvalue weighted by molar-refractivity contribution is 7.15. The molecule has 3 aromatic rings. The van der Waals surface area contributed by atoms with Crippen molar-refractivity contribution in [3.63, 3.8) is 0 Å². The monoisotopic (exact) mass is 378 g/mol. The molecule has 0 aliphatic carbocycles. The Labute approximate surface area is 151 Å². The second-order valence-electron chi connectivity index (χ2n) is 5.82. The molecule has 2 N–H and O–H groups in total. The van der Waals surface area contributed by atoms with E-state index in [1.165, 1.54) is 11.3 Å². The van der Waals surface area contributed by atoms with Crippen LogP contribution in [0.1, 0.15) is 17.8 Å². The first-order valence-electron chi connectivity index (χ1n) is 7.82. The predicted molar refractivity (Wildman–Crippen MR) is 94.9 cm³/mol. The first-order valence-corrected chi connectivity index (χ1v) is 9.02. The summed E-state index contributed by atoms with van der Waals surface area (Å²) in [5.41, 5.74) is 1.25. The molecule has 3 aromatic heterocycles. The summed E-state index contributed by atoms with van der Waals surface area (Å²) in [4.78, 5) is 30.2. The number of anilines is 2. The van der Waals surface area contributed by atoms with E-state index in [0.717, 1.165) is 29.9 Å². The van der Waals surface area contributed by atoms with E-state index < -0.39 is 0 Å². The lowest BCUT2D eigenvalue weighted by Crippen LogP contribution is -2.41. The van der Waals surface area contributed by atoms with Gasteiger partial charge in [0.05, 0.1) is 12.2 Å². The van der Waals surface area contributed by atoms with Crippen LogP contribution in [0.5, 0.6) is 0 Å². The molecule has 1 saturated heterocycles. The number of aryl methyl sites for hydroxylation is 1. The standard InChI is InChI=1S/C14H15ClN8OS/c1-7-21-22-14(25-7)20-12(24)8-3-2-4-23(5-8)11-9-10(17-6-16-9)18-13(15)19-11/h6,8H,2-5H2,1H3,(H,20,22,24)(H,16,17,18,19)/t8-/m1/s1. The van der Waals surface area contributed by atoms with Gasteiger partial charge in [-0.3, -0.25) is 4.79 Å². The van der Waals surface area contributed by atoms with Gasteiger partial charge in [-0.2, -0.15) is 9.97 Å². The molecule has 1 amide bonds. The molecule has 4 heterocycles. The SMILES string of the molecule is Cc1nnc(NC(=O)[C@@H]2CCCN(c3nc(Cl)nc4nc[nH]c34)C2)s1. The summed E-state index contributed by atoms with van der Waals surface area (Å²) in [6.45, 7) is 3.19. The number of H-pyrrole nitrogens is 1. The lowest BCUT2D eigenvalue weighted by atomic mass is 9.97. The fourth-order valence-corrected chi connectivity index (χ4v) is 3.71. The van der Waals surface area contributed by atoms with E-state index in [4.69, 9.17) is 11.6 Å². The van der Waals surface area contributed by atoms with Crippen molar-refractivity contribution < 1.29 is 4.79 Å². The van der Waals surface area contributed by atoms with E-state index in [1.54, 1.807) is 6.33 Å². The molecule has 0 spiro atoms. The highest BCUT2D eigenvalue weighted by atomic mass is 35.5. The van der Waals surface area contributed by atoms with E-state index >= 15 is 0 Å². The van der Waals surface area contributed by atoms with Crippen LogP contribution in [0.4, 0.5) is 10.9 Å². The molecule has 1 aliphatic heterocycles. The Morgan fingerprint density at radius 2 is 2.32 bits per heavy atom. The largest absolute Gasteiger partial charge is 0.354 e. The van der Waals surface area contributed by atoms with Crippen molar-refractivity contribution in [2.45, 2.75) is 19.8 Å². The number of nitrogens with one attached hydrogen (secondary N) is 2. The zero-order valence-electron chi connectivity index (χ0n) is 13.4. The fourth-order valence-electron chi connectivity index (χ4n) is 2.96. The molecule has 0 unspecified atom stereocenters. The first-order chi connectivity index (χ1) is 12.1. The maximum absolute atomic E-state index is 12.6. The number of hydrogen-bond acceptors (Lipinski definition) is 8. The van der Waals surface area contributed by atoms with Crippen LogP contribution in [0.25, 0.3) is 11.2 Å². The molecule has 0 bridgehead atoms. The van der Waals surface area contributed by atoms with Gasteiger partial charge in [0.2, 0.25) is 16.3 Å². The van der Waals surface area contributed by atoms with Crippen LogP contribution in [0.2, 0.25) is 5.28 Å². The molecular formula is C14H15ClN8OS. The third-order valence-corrected chi connectivity index (χ3v) is 5.01. The van der Waals surface area contributed by atoms with Crippen LogP contribution in [-0.4, -0.2) is 49.1 Å². The van der Waals surface area contributed by atoms with E-state index in [1.807, 2.05) is 11.8 Å². The Morgan fingerprint density at radius 3 is 3.12 bits per heavy atom. The summed E-state index contributed by atoms with van der Waals surface area (Å²) in [5.74, 6) is 0.461. The van der Waals surface area contributed by atoms with Gasteiger partial charge in [-0.1, -0.05) is 11.3 Å². The molecule has 1 fully saturated rings. The Balaban J connectivity index is 1.54. The smallest absolute Gasteiger partial charge is 0.231 e. The number of aromatic amines is 1. The third kappa shape index (κ3) is 3.27. The van der Waals surface area contributed by atoms with Crippen LogP contribution in [0.15, 0.2) is 6.33 Å². The number of piperidine rings is 1. The molecule has 0 radical (unpaired) electrons. The zero-order chi connectivity index (χ0) is 17.4. The van der Waals surface area contributed by atoms with E-state index in [-0.39, 0.29) is 17.1 Å². The van der Waals surface area contributed by atoms with Gasteiger partial charge in [0.15, 0.2) is 11.5 Å². The van der Waals surface area contributed by atoms with Crippen molar-refractivity contribution >= 4 is 51.0 Å². The van der Waals surface area contributed by atoms with Crippen molar-refractivity contribution in [1.29, 1.82) is 0 Å². The van der Waals surface area contributed by atoms with Crippen molar-refractivity contribution in [3.05, 3.63) is 16.6 Å².